The van der Waals surface area contributed by atoms with Crippen molar-refractivity contribution >= 4 is 15.9 Å². The molecule has 0 aliphatic carbocycles. The van der Waals surface area contributed by atoms with Crippen LogP contribution in [0.15, 0.2) is 24.3 Å². The van der Waals surface area contributed by atoms with Crippen LogP contribution in [0.1, 0.15) is 22.5 Å². The van der Waals surface area contributed by atoms with E-state index >= 15 is 0 Å². The van der Waals surface area contributed by atoms with Crippen LogP contribution in [0.25, 0.3) is 0 Å². The second-order valence-electron chi connectivity index (χ2n) is 5.63. The van der Waals surface area contributed by atoms with Gasteiger partial charge in [-0.25, -0.2) is 0 Å². The largest absolute Gasteiger partial charge is 0.302 e. The first-order valence-corrected chi connectivity index (χ1v) is 8.67. The van der Waals surface area contributed by atoms with Crippen LogP contribution in [-0.4, -0.2) is 29.0 Å². The lowest BCUT2D eigenvalue weighted by Gasteiger charge is -2.28. The summed E-state index contributed by atoms with van der Waals surface area (Å²) in [4.78, 5) is 0. The predicted molar refractivity (Wildman–Crippen MR) is 85.8 cm³/mol. The predicted octanol–water partition coefficient (Wildman–Crippen LogP) is 1.75. The molecule has 0 saturated carbocycles. The van der Waals surface area contributed by atoms with Gasteiger partial charge in [-0.05, 0) is 31.4 Å². The number of fused-ring (bicyclic) bond motifs is 1. The Morgan fingerprint density at radius 2 is 1.86 bits per heavy atom. The molecule has 0 radical (unpaired) electrons. The van der Waals surface area contributed by atoms with Gasteiger partial charge in [0.15, 0.2) is 0 Å². The minimum absolute atomic E-state index is 0.407. The Hall–Kier alpha value is -1.86. The zero-order valence-electron chi connectivity index (χ0n) is 13.0. The molecule has 2 aromatic rings. The molecule has 0 spiro atoms. The van der Waals surface area contributed by atoms with Gasteiger partial charge in [0, 0.05) is 20.1 Å². The van der Waals surface area contributed by atoms with E-state index in [1.807, 2.05) is 25.1 Å². The highest BCUT2D eigenvalue weighted by Gasteiger charge is 2.28. The number of hydrogen-bond donors (Lipinski definition) is 1. The van der Waals surface area contributed by atoms with Crippen LogP contribution in [0, 0.1) is 13.8 Å². The summed E-state index contributed by atoms with van der Waals surface area (Å²) in [6.07, 6.45) is 0.738. The van der Waals surface area contributed by atoms with Crippen LogP contribution >= 0.6 is 0 Å². The molecule has 0 fully saturated rings. The minimum Gasteiger partial charge on any atom is -0.270 e. The maximum Gasteiger partial charge on any atom is 0.302 e. The summed E-state index contributed by atoms with van der Waals surface area (Å²) in [6.45, 7) is 4.55. The summed E-state index contributed by atoms with van der Waals surface area (Å²) in [6, 6.07) is 7.97. The molecule has 0 amide bonds. The Kier molecular flexibility index (Phi) is 3.70. The summed E-state index contributed by atoms with van der Waals surface area (Å²) in [5.74, 6) is 0. The monoisotopic (exact) mass is 320 g/mol. The zero-order chi connectivity index (χ0) is 15.9. The Morgan fingerprint density at radius 1 is 1.18 bits per heavy atom. The molecule has 0 atom stereocenters. The third-order valence-electron chi connectivity index (χ3n) is 4.18. The molecule has 0 bridgehead atoms. The maximum absolute atomic E-state index is 12.7. The van der Waals surface area contributed by atoms with Gasteiger partial charge < -0.3 is 0 Å². The molecule has 1 N–H and O–H groups in total. The van der Waals surface area contributed by atoms with E-state index < -0.39 is 10.2 Å². The topological polar surface area (TPSA) is 67.2 Å². The van der Waals surface area contributed by atoms with Crippen molar-refractivity contribution < 1.29 is 8.42 Å². The summed E-state index contributed by atoms with van der Waals surface area (Å²) in [5, 5.41) is 4.25. The molecule has 1 aromatic carbocycles. The fourth-order valence-electron chi connectivity index (χ4n) is 2.79. The summed E-state index contributed by atoms with van der Waals surface area (Å²) >= 11 is 0. The lowest BCUT2D eigenvalue weighted by molar-refractivity contribution is 0.394. The highest BCUT2D eigenvalue weighted by molar-refractivity contribution is 7.90. The number of rotatable bonds is 3. The van der Waals surface area contributed by atoms with Gasteiger partial charge in [0.05, 0.1) is 17.1 Å². The number of benzene rings is 1. The van der Waals surface area contributed by atoms with Crippen molar-refractivity contribution in [3.63, 3.8) is 0 Å². The SMILES string of the molecule is Cc1nn(C)c(C)c1NS(=O)(=O)N1CCc2ccccc2C1. The van der Waals surface area contributed by atoms with Crippen molar-refractivity contribution in [1.29, 1.82) is 0 Å². The Morgan fingerprint density at radius 3 is 2.50 bits per heavy atom. The highest BCUT2D eigenvalue weighted by Crippen LogP contribution is 2.24. The molecule has 7 heteroatoms. The first-order valence-electron chi connectivity index (χ1n) is 7.23. The molecule has 1 aromatic heterocycles. The van der Waals surface area contributed by atoms with Gasteiger partial charge in [-0.15, -0.1) is 0 Å². The summed E-state index contributed by atoms with van der Waals surface area (Å²) < 4.78 is 31.2. The Labute approximate surface area is 130 Å². The molecule has 3 rings (SSSR count). The Balaban J connectivity index is 1.85. The van der Waals surface area contributed by atoms with Crippen LogP contribution in [0.2, 0.25) is 0 Å². The van der Waals surface area contributed by atoms with E-state index in [0.717, 1.165) is 17.7 Å². The molecule has 1 aliphatic rings. The number of nitrogens with one attached hydrogen (secondary N) is 1. The average Bonchev–Trinajstić information content (AvgIpc) is 2.73. The fourth-order valence-corrected chi connectivity index (χ4v) is 4.11. The van der Waals surface area contributed by atoms with Gasteiger partial charge in [-0.2, -0.15) is 17.8 Å². The molecule has 0 saturated heterocycles. The van der Waals surface area contributed by atoms with E-state index in [2.05, 4.69) is 15.9 Å². The second-order valence-corrected chi connectivity index (χ2v) is 7.30. The molecular weight excluding hydrogens is 300 g/mol. The van der Waals surface area contributed by atoms with Crippen LogP contribution in [0.4, 0.5) is 5.69 Å². The van der Waals surface area contributed by atoms with Crippen LogP contribution in [0.3, 0.4) is 0 Å². The standard InChI is InChI=1S/C15H20N4O2S/c1-11-15(12(2)18(3)16-11)17-22(20,21)19-9-8-13-6-4-5-7-14(13)10-19/h4-7,17H,8-10H2,1-3H3. The summed E-state index contributed by atoms with van der Waals surface area (Å²) in [5.41, 5.74) is 4.35. The van der Waals surface area contributed by atoms with Gasteiger partial charge in [0.2, 0.25) is 0 Å². The lowest BCUT2D eigenvalue weighted by Crippen LogP contribution is -2.39. The Bertz CT molecular complexity index is 811. The molecule has 22 heavy (non-hydrogen) atoms. The van der Waals surface area contributed by atoms with Gasteiger partial charge in [0.1, 0.15) is 0 Å². The van der Waals surface area contributed by atoms with E-state index in [9.17, 15) is 8.42 Å². The van der Waals surface area contributed by atoms with Gasteiger partial charge in [-0.3, -0.25) is 9.40 Å². The van der Waals surface area contributed by atoms with Crippen LogP contribution < -0.4 is 4.72 Å². The van der Waals surface area contributed by atoms with Gasteiger partial charge in [0.25, 0.3) is 0 Å². The fraction of sp³-hybridized carbons (Fsp3) is 0.400. The van der Waals surface area contributed by atoms with E-state index in [0.29, 0.717) is 24.5 Å². The number of aromatic nitrogens is 2. The number of anilines is 1. The number of aryl methyl sites for hydroxylation is 2. The molecule has 1 aliphatic heterocycles. The van der Waals surface area contributed by atoms with Crippen molar-refractivity contribution in [1.82, 2.24) is 14.1 Å². The van der Waals surface area contributed by atoms with E-state index in [-0.39, 0.29) is 0 Å². The quantitative estimate of drug-likeness (QED) is 0.937. The van der Waals surface area contributed by atoms with E-state index in [1.54, 1.807) is 18.7 Å². The van der Waals surface area contributed by atoms with Gasteiger partial charge >= 0.3 is 10.2 Å². The molecule has 118 valence electrons. The van der Waals surface area contributed by atoms with Crippen molar-refractivity contribution in [2.45, 2.75) is 26.8 Å². The first-order chi connectivity index (χ1) is 10.4. The maximum atomic E-state index is 12.7. The third-order valence-corrected chi connectivity index (χ3v) is 5.63. The number of nitrogens with zero attached hydrogens (tertiary/aromatic N) is 3. The molecule has 2 heterocycles. The van der Waals surface area contributed by atoms with Crippen molar-refractivity contribution in [3.8, 4) is 0 Å². The van der Waals surface area contributed by atoms with Crippen LogP contribution in [0.5, 0.6) is 0 Å². The van der Waals surface area contributed by atoms with E-state index in [4.69, 9.17) is 0 Å². The molecule has 6 nitrogen and oxygen atoms in total. The third kappa shape index (κ3) is 2.62. The van der Waals surface area contributed by atoms with Crippen molar-refractivity contribution in [2.24, 2.45) is 7.05 Å². The number of hydrogen-bond acceptors (Lipinski definition) is 3. The molecular formula is C15H20N4O2S. The second kappa shape index (κ2) is 5.40. The average molecular weight is 320 g/mol. The van der Waals surface area contributed by atoms with E-state index in [1.165, 1.54) is 9.87 Å². The minimum atomic E-state index is -3.58. The normalized spacial score (nSPS) is 15.6. The zero-order valence-corrected chi connectivity index (χ0v) is 13.8. The lowest BCUT2D eigenvalue weighted by atomic mass is 10.0. The highest BCUT2D eigenvalue weighted by atomic mass is 32.2. The first kappa shape index (κ1) is 15.1. The van der Waals surface area contributed by atoms with Crippen molar-refractivity contribution in [3.05, 3.63) is 46.8 Å². The van der Waals surface area contributed by atoms with Gasteiger partial charge in [-0.1, -0.05) is 24.3 Å². The molecule has 0 unspecified atom stereocenters. The van der Waals surface area contributed by atoms with Crippen molar-refractivity contribution in [2.75, 3.05) is 11.3 Å². The van der Waals surface area contributed by atoms with Crippen LogP contribution in [-0.2, 0) is 30.2 Å². The summed E-state index contributed by atoms with van der Waals surface area (Å²) in [7, 11) is -1.78. The smallest absolute Gasteiger partial charge is 0.270 e.